The molecule has 0 aromatic carbocycles. The molecule has 2 N–H and O–H groups in total. The number of hydrogen-bond acceptors (Lipinski definition) is 3. The van der Waals surface area contributed by atoms with E-state index in [9.17, 15) is 4.79 Å². The van der Waals surface area contributed by atoms with Crippen molar-refractivity contribution in [2.45, 2.75) is 19.3 Å². The summed E-state index contributed by atoms with van der Waals surface area (Å²) in [5.74, 6) is -0.00532. The van der Waals surface area contributed by atoms with E-state index in [4.69, 9.17) is 16.7 Å². The highest BCUT2D eigenvalue weighted by atomic mass is 35.5. The predicted octanol–water partition coefficient (Wildman–Crippen LogP) is 0.909. The van der Waals surface area contributed by atoms with Crippen LogP contribution in [0, 0.1) is 0 Å². The van der Waals surface area contributed by atoms with E-state index in [1.807, 2.05) is 6.92 Å². The summed E-state index contributed by atoms with van der Waals surface area (Å²) < 4.78 is 0. The number of halogens is 1. The molecule has 1 atom stereocenters. The van der Waals surface area contributed by atoms with Crippen LogP contribution in [0.5, 0.6) is 0 Å². The van der Waals surface area contributed by atoms with Gasteiger partial charge in [-0.3, -0.25) is 4.79 Å². The van der Waals surface area contributed by atoms with Crippen LogP contribution in [0.3, 0.4) is 0 Å². The number of rotatable bonds is 3. The minimum atomic E-state index is -0.245. The third-order valence-electron chi connectivity index (χ3n) is 1.89. The minimum Gasteiger partial charge on any atom is -0.396 e. The lowest BCUT2D eigenvalue weighted by molar-refractivity contribution is 0.278. The summed E-state index contributed by atoms with van der Waals surface area (Å²) in [6.45, 7) is 1.91. The van der Waals surface area contributed by atoms with E-state index in [2.05, 4.69) is 10.2 Å². The lowest BCUT2D eigenvalue weighted by Gasteiger charge is -2.07. The van der Waals surface area contributed by atoms with Crippen molar-refractivity contribution in [3.63, 3.8) is 0 Å². The molecule has 0 aliphatic heterocycles. The second-order valence-corrected chi connectivity index (χ2v) is 3.28. The van der Waals surface area contributed by atoms with Crippen LogP contribution in [0.15, 0.2) is 10.9 Å². The zero-order valence-electron chi connectivity index (χ0n) is 7.25. The van der Waals surface area contributed by atoms with Crippen molar-refractivity contribution < 1.29 is 5.11 Å². The first-order valence-electron chi connectivity index (χ1n) is 4.01. The Bertz CT molecular complexity index is 337. The number of aliphatic hydroxyl groups excluding tert-OH is 1. The zero-order chi connectivity index (χ0) is 9.84. The first kappa shape index (κ1) is 10.2. The largest absolute Gasteiger partial charge is 0.396 e. The number of H-pyrrole nitrogens is 1. The molecule has 0 fully saturated rings. The van der Waals surface area contributed by atoms with Crippen LogP contribution in [-0.2, 0) is 0 Å². The molecule has 72 valence electrons. The normalized spacial score (nSPS) is 12.8. The average molecular weight is 203 g/mol. The summed E-state index contributed by atoms with van der Waals surface area (Å²) >= 11 is 5.62. The van der Waals surface area contributed by atoms with Crippen molar-refractivity contribution in [2.75, 3.05) is 6.61 Å². The van der Waals surface area contributed by atoms with E-state index in [-0.39, 0.29) is 23.2 Å². The van der Waals surface area contributed by atoms with E-state index < -0.39 is 0 Å². The number of aliphatic hydroxyl groups is 1. The summed E-state index contributed by atoms with van der Waals surface area (Å²) in [5.41, 5.74) is 0.319. The molecular weight excluding hydrogens is 192 g/mol. The van der Waals surface area contributed by atoms with Crippen LogP contribution in [0.2, 0.25) is 5.15 Å². The Balaban J connectivity index is 2.99. The SMILES string of the molecule is CC(CCO)c1cc(Cl)n[nH]c1=O. The van der Waals surface area contributed by atoms with Gasteiger partial charge >= 0.3 is 0 Å². The minimum absolute atomic E-state index is 0.00532. The van der Waals surface area contributed by atoms with Gasteiger partial charge in [0.25, 0.3) is 5.56 Å². The Labute approximate surface area is 80.6 Å². The van der Waals surface area contributed by atoms with E-state index in [1.165, 1.54) is 6.07 Å². The summed E-state index contributed by atoms with van der Waals surface area (Å²) in [6.07, 6.45) is 0.545. The van der Waals surface area contributed by atoms with Crippen molar-refractivity contribution in [3.05, 3.63) is 27.1 Å². The Morgan fingerprint density at radius 1 is 1.77 bits per heavy atom. The van der Waals surface area contributed by atoms with Gasteiger partial charge in [-0.1, -0.05) is 18.5 Å². The fourth-order valence-corrected chi connectivity index (χ4v) is 1.27. The standard InChI is InChI=1S/C8H11ClN2O2/c1-5(2-3-12)6-4-7(9)10-11-8(6)13/h4-5,12H,2-3H2,1H3,(H,11,13). The molecule has 0 saturated heterocycles. The summed E-state index contributed by atoms with van der Waals surface area (Å²) in [6, 6.07) is 1.53. The van der Waals surface area contributed by atoms with Crippen molar-refractivity contribution in [1.82, 2.24) is 10.2 Å². The van der Waals surface area contributed by atoms with Crippen LogP contribution in [0.4, 0.5) is 0 Å². The van der Waals surface area contributed by atoms with Gasteiger partial charge in [0.15, 0.2) is 0 Å². The average Bonchev–Trinajstić information content (AvgIpc) is 2.09. The van der Waals surface area contributed by atoms with Gasteiger partial charge in [0, 0.05) is 12.2 Å². The van der Waals surface area contributed by atoms with Crippen molar-refractivity contribution in [3.8, 4) is 0 Å². The molecule has 1 heterocycles. The van der Waals surface area contributed by atoms with Gasteiger partial charge in [-0.05, 0) is 18.4 Å². The first-order chi connectivity index (χ1) is 6.15. The maximum absolute atomic E-state index is 11.2. The third-order valence-corrected chi connectivity index (χ3v) is 2.09. The number of hydrogen-bond donors (Lipinski definition) is 2. The Morgan fingerprint density at radius 3 is 3.08 bits per heavy atom. The highest BCUT2D eigenvalue weighted by Gasteiger charge is 2.09. The predicted molar refractivity (Wildman–Crippen MR) is 50.0 cm³/mol. The quantitative estimate of drug-likeness (QED) is 0.766. The molecule has 1 rings (SSSR count). The van der Waals surface area contributed by atoms with Crippen molar-refractivity contribution in [1.29, 1.82) is 0 Å². The monoisotopic (exact) mass is 202 g/mol. The maximum atomic E-state index is 11.2. The highest BCUT2D eigenvalue weighted by molar-refractivity contribution is 6.29. The van der Waals surface area contributed by atoms with Crippen LogP contribution >= 0.6 is 11.6 Å². The van der Waals surface area contributed by atoms with Crippen LogP contribution in [0.25, 0.3) is 0 Å². The van der Waals surface area contributed by atoms with Gasteiger partial charge < -0.3 is 5.11 Å². The molecule has 0 saturated carbocycles. The first-order valence-corrected chi connectivity index (χ1v) is 4.39. The van der Waals surface area contributed by atoms with Gasteiger partial charge in [0.05, 0.1) is 0 Å². The Hall–Kier alpha value is -0.870. The summed E-state index contributed by atoms with van der Waals surface area (Å²) in [4.78, 5) is 11.2. The van der Waals surface area contributed by atoms with Gasteiger partial charge in [0.1, 0.15) is 5.15 Å². The van der Waals surface area contributed by atoms with Gasteiger partial charge in [-0.2, -0.15) is 5.10 Å². The fraction of sp³-hybridized carbons (Fsp3) is 0.500. The smallest absolute Gasteiger partial charge is 0.267 e. The summed E-state index contributed by atoms with van der Waals surface area (Å²) in [5, 5.41) is 14.8. The zero-order valence-corrected chi connectivity index (χ0v) is 8.01. The van der Waals surface area contributed by atoms with Crippen LogP contribution in [-0.4, -0.2) is 21.9 Å². The van der Waals surface area contributed by atoms with Gasteiger partial charge in [-0.15, -0.1) is 0 Å². The number of aromatic amines is 1. The second-order valence-electron chi connectivity index (χ2n) is 2.89. The van der Waals surface area contributed by atoms with E-state index in [0.717, 1.165) is 0 Å². The molecule has 0 aliphatic rings. The third kappa shape index (κ3) is 2.54. The molecule has 0 amide bonds. The Morgan fingerprint density at radius 2 is 2.46 bits per heavy atom. The molecule has 1 aromatic heterocycles. The van der Waals surface area contributed by atoms with Gasteiger partial charge in [-0.25, -0.2) is 5.10 Å². The van der Waals surface area contributed by atoms with E-state index in [1.54, 1.807) is 0 Å². The molecule has 5 heteroatoms. The highest BCUT2D eigenvalue weighted by Crippen LogP contribution is 2.15. The topological polar surface area (TPSA) is 66.0 Å². The molecule has 4 nitrogen and oxygen atoms in total. The molecule has 1 aromatic rings. The molecule has 0 radical (unpaired) electrons. The van der Waals surface area contributed by atoms with E-state index >= 15 is 0 Å². The van der Waals surface area contributed by atoms with Crippen molar-refractivity contribution >= 4 is 11.6 Å². The van der Waals surface area contributed by atoms with Crippen LogP contribution in [0.1, 0.15) is 24.8 Å². The lowest BCUT2D eigenvalue weighted by atomic mass is 10.0. The van der Waals surface area contributed by atoms with E-state index in [0.29, 0.717) is 12.0 Å². The number of nitrogens with zero attached hydrogens (tertiary/aromatic N) is 1. The van der Waals surface area contributed by atoms with Crippen LogP contribution < -0.4 is 5.56 Å². The molecular formula is C8H11ClN2O2. The maximum Gasteiger partial charge on any atom is 0.267 e. The summed E-state index contributed by atoms with van der Waals surface area (Å²) in [7, 11) is 0. The Kier molecular flexibility index (Phi) is 3.45. The van der Waals surface area contributed by atoms with Gasteiger partial charge in [0.2, 0.25) is 0 Å². The fourth-order valence-electron chi connectivity index (χ4n) is 1.11. The molecule has 0 spiro atoms. The number of aromatic nitrogens is 2. The second kappa shape index (κ2) is 4.39. The van der Waals surface area contributed by atoms with Crippen molar-refractivity contribution in [2.24, 2.45) is 0 Å². The lowest BCUT2D eigenvalue weighted by Crippen LogP contribution is -2.16. The molecule has 0 bridgehead atoms. The molecule has 13 heavy (non-hydrogen) atoms. The molecule has 0 aliphatic carbocycles. The molecule has 1 unspecified atom stereocenters. The number of nitrogens with one attached hydrogen (secondary N) is 1.